The first-order chi connectivity index (χ1) is 21.4. The molecular formula is C25H24Cl2N6O10S2. The lowest BCUT2D eigenvalue weighted by Crippen LogP contribution is -2.25. The highest BCUT2D eigenvalue weighted by molar-refractivity contribution is 7.86. The smallest absolute Gasteiger partial charge is 0.300 e. The summed E-state index contributed by atoms with van der Waals surface area (Å²) in [5.74, 6) is -1.12. The minimum atomic E-state index is -4.89. The number of fused-ring (bicyclic) bond motifs is 4. The summed E-state index contributed by atoms with van der Waals surface area (Å²) in [5, 5.41) is 10.4. The maximum absolute atomic E-state index is 12.5. The van der Waals surface area contributed by atoms with Crippen molar-refractivity contribution in [2.24, 2.45) is 9.98 Å². The predicted octanol–water partition coefficient (Wildman–Crippen LogP) is 2.36. The van der Waals surface area contributed by atoms with Gasteiger partial charge in [-0.15, -0.1) is 0 Å². The molecule has 0 bridgehead atoms. The molecule has 20 heteroatoms. The van der Waals surface area contributed by atoms with E-state index in [9.17, 15) is 30.7 Å². The normalized spacial score (nSPS) is 13.0. The first kappa shape index (κ1) is 32.6. The topological polar surface area (TPSA) is 226 Å². The molecule has 0 saturated heterocycles. The minimum absolute atomic E-state index is 0.0281. The molecule has 2 aliphatic heterocycles. The van der Waals surface area contributed by atoms with Gasteiger partial charge in [0.15, 0.2) is 32.8 Å². The van der Waals surface area contributed by atoms with Gasteiger partial charge in [0, 0.05) is 33.3 Å². The van der Waals surface area contributed by atoms with Crippen LogP contribution >= 0.6 is 23.2 Å². The van der Waals surface area contributed by atoms with Crippen LogP contribution in [-0.2, 0) is 29.8 Å². The summed E-state index contributed by atoms with van der Waals surface area (Å²) in [6.45, 7) is 1.19. The van der Waals surface area contributed by atoms with Gasteiger partial charge in [0.1, 0.15) is 32.1 Å². The van der Waals surface area contributed by atoms with Crippen molar-refractivity contribution in [2.45, 2.75) is 9.79 Å². The summed E-state index contributed by atoms with van der Waals surface area (Å²) in [7, 11) is -8.25. The third-order valence-electron chi connectivity index (χ3n) is 6.35. The van der Waals surface area contributed by atoms with Crippen molar-refractivity contribution in [3.05, 3.63) is 45.0 Å². The van der Waals surface area contributed by atoms with E-state index in [1.165, 1.54) is 31.4 Å². The van der Waals surface area contributed by atoms with Gasteiger partial charge in [-0.25, -0.2) is 9.98 Å². The maximum atomic E-state index is 12.5. The summed E-state index contributed by atoms with van der Waals surface area (Å²) in [6.07, 6.45) is 0.472. The second kappa shape index (κ2) is 12.9. The van der Waals surface area contributed by atoms with Gasteiger partial charge in [0.25, 0.3) is 20.2 Å². The Morgan fingerprint density at radius 3 is 1.67 bits per heavy atom. The van der Waals surface area contributed by atoms with Crippen molar-refractivity contribution >= 4 is 72.6 Å². The molecule has 0 unspecified atom stereocenters. The van der Waals surface area contributed by atoms with Crippen LogP contribution in [0.3, 0.4) is 0 Å². The Bertz CT molecular complexity index is 2050. The number of benzene rings is 3. The number of carbonyl (C=O) groups is 1. The summed E-state index contributed by atoms with van der Waals surface area (Å²) in [6, 6.07) is 5.52. The molecule has 3 aromatic carbocycles. The number of methoxy groups -OCH3 is 1. The fraction of sp³-hybridized carbons (Fsp3) is 0.240. The summed E-state index contributed by atoms with van der Waals surface area (Å²) < 4.78 is 86.8. The number of amides is 1. The zero-order valence-corrected chi connectivity index (χ0v) is 26.2. The Balaban J connectivity index is 1.62. The third-order valence-corrected chi connectivity index (χ3v) is 8.89. The van der Waals surface area contributed by atoms with Gasteiger partial charge in [-0.1, -0.05) is 23.2 Å². The molecule has 2 aliphatic rings. The van der Waals surface area contributed by atoms with E-state index < -0.39 is 30.0 Å². The number of halogens is 2. The van der Waals surface area contributed by atoms with Crippen LogP contribution in [0, 0.1) is 0 Å². The fourth-order valence-electron chi connectivity index (χ4n) is 4.51. The second-order valence-electron chi connectivity index (χ2n) is 9.30. The molecule has 2 heterocycles. The van der Waals surface area contributed by atoms with Crippen LogP contribution in [0.2, 0.25) is 10.0 Å². The van der Waals surface area contributed by atoms with Crippen LogP contribution < -0.4 is 41.5 Å². The van der Waals surface area contributed by atoms with E-state index in [4.69, 9.17) is 37.4 Å². The molecule has 0 radical (unpaired) electrons. The molecule has 3 aromatic rings. The standard InChI is InChI=1S/C25H24Cl2N6O10S2/c1-41-11-29-7-9-31-15-5-3-13-21(25(15)45(38,39)40)43-23-17(27)18-22(16(26)19(23)33-13)42-20-12(32-18)2-4-14(24(20)44(35,36)37)30-8-6-28-10-34/h2-5,10,29-31H,6-9,11H2,1H3,(H,28,34)(H,35,36,37)(H,38,39,40). The second-order valence-corrected chi connectivity index (χ2v) is 12.8. The number of nitrogens with one attached hydrogen (secondary N) is 4. The molecule has 0 saturated carbocycles. The number of ether oxygens (including phenoxy) is 3. The Labute approximate surface area is 265 Å². The Hall–Kier alpha value is -3.75. The summed E-state index contributed by atoms with van der Waals surface area (Å²) in [4.78, 5) is 18.1. The Morgan fingerprint density at radius 1 is 0.778 bits per heavy atom. The van der Waals surface area contributed by atoms with E-state index in [-0.39, 0.29) is 92.9 Å². The van der Waals surface area contributed by atoms with E-state index in [1.807, 2.05) is 0 Å². The monoisotopic (exact) mass is 702 g/mol. The molecule has 0 aliphatic carbocycles. The number of anilines is 2. The van der Waals surface area contributed by atoms with Crippen LogP contribution in [0.1, 0.15) is 0 Å². The zero-order valence-electron chi connectivity index (χ0n) is 23.0. The van der Waals surface area contributed by atoms with Gasteiger partial charge in [-0.3, -0.25) is 19.2 Å². The third kappa shape index (κ3) is 6.49. The highest BCUT2D eigenvalue weighted by atomic mass is 35.5. The van der Waals surface area contributed by atoms with E-state index in [1.54, 1.807) is 0 Å². The lowest BCUT2D eigenvalue weighted by molar-refractivity contribution is -0.109. The average Bonchev–Trinajstić information content (AvgIpc) is 2.98. The van der Waals surface area contributed by atoms with Gasteiger partial charge in [0.2, 0.25) is 6.41 Å². The van der Waals surface area contributed by atoms with Gasteiger partial charge in [0.05, 0.1) is 18.1 Å². The van der Waals surface area contributed by atoms with Crippen molar-refractivity contribution in [1.82, 2.24) is 10.6 Å². The largest absolute Gasteiger partial charge is 0.450 e. The van der Waals surface area contributed by atoms with E-state index >= 15 is 0 Å². The first-order valence-electron chi connectivity index (χ1n) is 12.8. The number of hydrogen-bond donors (Lipinski definition) is 6. The number of carbonyl (C=O) groups excluding carboxylic acids is 1. The van der Waals surface area contributed by atoms with Gasteiger partial charge < -0.3 is 30.2 Å². The highest BCUT2D eigenvalue weighted by Gasteiger charge is 2.34. The molecule has 5 rings (SSSR count). The number of nitrogens with zero attached hydrogens (tertiary/aromatic N) is 2. The van der Waals surface area contributed by atoms with Crippen molar-refractivity contribution in [1.29, 1.82) is 0 Å². The quantitative estimate of drug-likeness (QED) is 0.0449. The van der Waals surface area contributed by atoms with Crippen molar-refractivity contribution in [3.8, 4) is 23.0 Å². The number of hydrogen-bond acceptors (Lipinski definition) is 13. The summed E-state index contributed by atoms with van der Waals surface area (Å²) >= 11 is 13.3. The van der Waals surface area contributed by atoms with Crippen molar-refractivity contribution in [3.63, 3.8) is 0 Å². The molecule has 240 valence electrons. The molecule has 0 spiro atoms. The molecule has 0 aromatic heterocycles. The van der Waals surface area contributed by atoms with Crippen LogP contribution in [-0.4, -0.2) is 72.4 Å². The summed E-state index contributed by atoms with van der Waals surface area (Å²) in [5.41, 5.74) is -0.0926. The van der Waals surface area contributed by atoms with Crippen molar-refractivity contribution < 1.29 is 44.9 Å². The van der Waals surface area contributed by atoms with Crippen LogP contribution in [0.25, 0.3) is 0 Å². The molecular weight excluding hydrogens is 679 g/mol. The van der Waals surface area contributed by atoms with Crippen LogP contribution in [0.4, 0.5) is 22.7 Å². The van der Waals surface area contributed by atoms with Crippen molar-refractivity contribution in [2.75, 3.05) is 50.7 Å². The number of rotatable bonds is 13. The Kier molecular flexibility index (Phi) is 9.38. The lowest BCUT2D eigenvalue weighted by Gasteiger charge is -2.24. The predicted molar refractivity (Wildman–Crippen MR) is 162 cm³/mol. The van der Waals surface area contributed by atoms with Crippen LogP contribution in [0.15, 0.2) is 44.0 Å². The molecule has 0 atom stereocenters. The van der Waals surface area contributed by atoms with E-state index in [0.29, 0.717) is 13.0 Å². The maximum Gasteiger partial charge on any atom is 0.300 e. The van der Waals surface area contributed by atoms with E-state index in [2.05, 4.69) is 31.3 Å². The van der Waals surface area contributed by atoms with E-state index in [0.717, 1.165) is 0 Å². The van der Waals surface area contributed by atoms with Crippen LogP contribution in [0.5, 0.6) is 23.0 Å². The minimum Gasteiger partial charge on any atom is -0.450 e. The highest BCUT2D eigenvalue weighted by Crippen LogP contribution is 2.48. The molecule has 45 heavy (non-hydrogen) atoms. The average molecular weight is 704 g/mol. The lowest BCUT2D eigenvalue weighted by atomic mass is 10.2. The molecule has 1 amide bonds. The molecule has 6 N–H and O–H groups in total. The fourth-order valence-corrected chi connectivity index (χ4v) is 6.62. The van der Waals surface area contributed by atoms with Gasteiger partial charge >= 0.3 is 0 Å². The zero-order chi connectivity index (χ0) is 32.5. The Morgan fingerprint density at radius 2 is 1.24 bits per heavy atom. The molecule has 0 fully saturated rings. The van der Waals surface area contributed by atoms with Gasteiger partial charge in [-0.05, 0) is 24.3 Å². The molecule has 16 nitrogen and oxygen atoms in total. The SMILES string of the molecule is COCNCCNc1ccc2c(c1S(=O)(=O)O)Oc1c(Cl)c3c(c(Cl)c1=N2)Oc1c(ccc(NCCNC=O)c1S(=O)(=O)O)N=3. The van der Waals surface area contributed by atoms with Gasteiger partial charge in [-0.2, -0.15) is 16.8 Å². The first-order valence-corrected chi connectivity index (χ1v) is 16.5.